The summed E-state index contributed by atoms with van der Waals surface area (Å²) >= 11 is 0. The Balaban J connectivity index is 2.41. The van der Waals surface area contributed by atoms with E-state index >= 15 is 0 Å². The van der Waals surface area contributed by atoms with Crippen molar-refractivity contribution in [2.45, 2.75) is 38.9 Å². The van der Waals surface area contributed by atoms with Gasteiger partial charge in [0.05, 0.1) is 16.8 Å². The van der Waals surface area contributed by atoms with Gasteiger partial charge in [-0.1, -0.05) is 0 Å². The lowest BCUT2D eigenvalue weighted by atomic mass is 9.77. The molecule has 5 nitrogen and oxygen atoms in total. The minimum absolute atomic E-state index is 0.346. The Kier molecular flexibility index (Phi) is 2.84. The van der Waals surface area contributed by atoms with Gasteiger partial charge in [0.15, 0.2) is 0 Å². The molecule has 0 radical (unpaired) electrons. The molecule has 6 heteroatoms. The Morgan fingerprint density at radius 1 is 1.28 bits per heavy atom. The van der Waals surface area contributed by atoms with E-state index in [1.165, 1.54) is 6.20 Å². The zero-order chi connectivity index (χ0) is 13.6. The molecule has 0 aliphatic carbocycles. The highest BCUT2D eigenvalue weighted by Gasteiger charge is 2.52. The average Bonchev–Trinajstić information content (AvgIpc) is 2.48. The van der Waals surface area contributed by atoms with Gasteiger partial charge in [-0.05, 0) is 33.8 Å². The number of nitriles is 1. The van der Waals surface area contributed by atoms with Gasteiger partial charge in [-0.3, -0.25) is 0 Å². The average molecular weight is 245 g/mol. The third kappa shape index (κ3) is 1.96. The van der Waals surface area contributed by atoms with Crippen LogP contribution in [0.1, 0.15) is 33.3 Å². The van der Waals surface area contributed by atoms with Crippen molar-refractivity contribution in [3.63, 3.8) is 0 Å². The summed E-state index contributed by atoms with van der Waals surface area (Å²) in [6.45, 7) is 7.85. The van der Waals surface area contributed by atoms with Gasteiger partial charge in [0, 0.05) is 11.7 Å². The summed E-state index contributed by atoms with van der Waals surface area (Å²) < 4.78 is 11.8. The van der Waals surface area contributed by atoms with Gasteiger partial charge in [0.25, 0.3) is 0 Å². The van der Waals surface area contributed by atoms with E-state index in [-0.39, 0.29) is 0 Å². The Hall–Kier alpha value is -1.58. The van der Waals surface area contributed by atoms with E-state index in [4.69, 9.17) is 20.3 Å². The Morgan fingerprint density at radius 3 is 2.33 bits per heavy atom. The second kappa shape index (κ2) is 3.97. The molecule has 1 saturated heterocycles. The second-order valence-corrected chi connectivity index (χ2v) is 5.40. The summed E-state index contributed by atoms with van der Waals surface area (Å²) in [5.74, 6) is 0.346. The molecule has 0 amide bonds. The van der Waals surface area contributed by atoms with E-state index in [0.29, 0.717) is 16.8 Å². The first-order valence-corrected chi connectivity index (χ1v) is 5.78. The first-order chi connectivity index (χ1) is 8.27. The van der Waals surface area contributed by atoms with Gasteiger partial charge in [-0.25, -0.2) is 4.98 Å². The number of nitrogens with zero attached hydrogens (tertiary/aromatic N) is 2. The lowest BCUT2D eigenvalue weighted by Crippen LogP contribution is -2.41. The van der Waals surface area contributed by atoms with Gasteiger partial charge < -0.3 is 15.0 Å². The first kappa shape index (κ1) is 12.9. The molecular formula is C12H16BN3O2. The van der Waals surface area contributed by atoms with Crippen LogP contribution in [0.15, 0.2) is 12.3 Å². The van der Waals surface area contributed by atoms with Crippen molar-refractivity contribution in [1.82, 2.24) is 4.98 Å². The quantitative estimate of drug-likeness (QED) is 0.741. The fourth-order valence-corrected chi connectivity index (χ4v) is 1.75. The van der Waals surface area contributed by atoms with Crippen molar-refractivity contribution < 1.29 is 9.31 Å². The minimum atomic E-state index is -0.588. The highest BCUT2D eigenvalue weighted by molar-refractivity contribution is 6.63. The lowest BCUT2D eigenvalue weighted by molar-refractivity contribution is 0.00578. The maximum Gasteiger partial charge on any atom is 0.496 e. The number of nitrogens with two attached hydrogens (primary N) is 1. The van der Waals surface area contributed by atoms with Crippen LogP contribution >= 0.6 is 0 Å². The SMILES string of the molecule is CC1(C)OB(c2cc(N)ncc2C#N)OC1(C)C. The van der Waals surface area contributed by atoms with E-state index < -0.39 is 18.3 Å². The molecule has 0 bridgehead atoms. The Morgan fingerprint density at radius 2 is 1.83 bits per heavy atom. The minimum Gasteiger partial charge on any atom is -0.399 e. The molecule has 1 aliphatic heterocycles. The number of anilines is 1. The van der Waals surface area contributed by atoms with E-state index in [9.17, 15) is 0 Å². The summed E-state index contributed by atoms with van der Waals surface area (Å²) in [6.07, 6.45) is 1.44. The smallest absolute Gasteiger partial charge is 0.399 e. The van der Waals surface area contributed by atoms with Crippen LogP contribution in [-0.4, -0.2) is 23.3 Å². The molecular weight excluding hydrogens is 229 g/mol. The van der Waals surface area contributed by atoms with Crippen molar-refractivity contribution in [1.29, 1.82) is 5.26 Å². The van der Waals surface area contributed by atoms with Gasteiger partial charge in [0.1, 0.15) is 11.9 Å². The molecule has 1 fully saturated rings. The normalized spacial score (nSPS) is 20.7. The lowest BCUT2D eigenvalue weighted by Gasteiger charge is -2.32. The van der Waals surface area contributed by atoms with Crippen LogP contribution in [0.3, 0.4) is 0 Å². The molecule has 0 aromatic carbocycles. The van der Waals surface area contributed by atoms with Gasteiger partial charge in [0.2, 0.25) is 0 Å². The van der Waals surface area contributed by atoms with Crippen molar-refractivity contribution in [2.75, 3.05) is 5.73 Å². The topological polar surface area (TPSA) is 81.2 Å². The monoisotopic (exact) mass is 245 g/mol. The third-order valence-electron chi connectivity index (χ3n) is 3.58. The van der Waals surface area contributed by atoms with E-state index in [0.717, 1.165) is 0 Å². The summed E-state index contributed by atoms with van der Waals surface area (Å²) in [4.78, 5) is 3.90. The summed E-state index contributed by atoms with van der Waals surface area (Å²) in [6, 6.07) is 3.70. The Bertz CT molecular complexity index is 507. The maximum atomic E-state index is 9.09. The van der Waals surface area contributed by atoms with Gasteiger partial charge in [-0.2, -0.15) is 5.26 Å². The molecule has 0 unspecified atom stereocenters. The molecule has 94 valence electrons. The summed E-state index contributed by atoms with van der Waals surface area (Å²) in [5, 5.41) is 9.09. The fraction of sp³-hybridized carbons (Fsp3) is 0.500. The predicted molar refractivity (Wildman–Crippen MR) is 69.1 cm³/mol. The van der Waals surface area contributed by atoms with Crippen LogP contribution in [0.5, 0.6) is 0 Å². The van der Waals surface area contributed by atoms with Crippen LogP contribution in [0.4, 0.5) is 5.82 Å². The third-order valence-corrected chi connectivity index (χ3v) is 3.58. The summed E-state index contributed by atoms with van der Waals surface area (Å²) in [5.41, 5.74) is 5.82. The zero-order valence-corrected chi connectivity index (χ0v) is 11.0. The first-order valence-electron chi connectivity index (χ1n) is 5.78. The highest BCUT2D eigenvalue weighted by Crippen LogP contribution is 2.36. The number of nitrogen functional groups attached to an aromatic ring is 1. The maximum absolute atomic E-state index is 9.09. The molecule has 0 atom stereocenters. The van der Waals surface area contributed by atoms with Gasteiger partial charge in [-0.15, -0.1) is 0 Å². The van der Waals surface area contributed by atoms with Crippen molar-refractivity contribution >= 4 is 18.4 Å². The molecule has 0 spiro atoms. The molecule has 2 heterocycles. The standard InChI is InChI=1S/C12H16BN3O2/c1-11(2)12(3,4)18-13(17-11)9-5-10(15)16-7-8(9)6-14/h5,7H,1-4H3,(H2,15,16). The number of pyridine rings is 1. The van der Waals surface area contributed by atoms with Crippen molar-refractivity contribution in [3.8, 4) is 6.07 Å². The molecule has 18 heavy (non-hydrogen) atoms. The molecule has 1 aromatic heterocycles. The molecule has 0 saturated carbocycles. The summed E-state index contributed by atoms with van der Waals surface area (Å²) in [7, 11) is -0.588. The fourth-order valence-electron chi connectivity index (χ4n) is 1.75. The van der Waals surface area contributed by atoms with Crippen LogP contribution in [-0.2, 0) is 9.31 Å². The number of aromatic nitrogens is 1. The van der Waals surface area contributed by atoms with Crippen LogP contribution in [0.25, 0.3) is 0 Å². The van der Waals surface area contributed by atoms with Crippen LogP contribution in [0.2, 0.25) is 0 Å². The van der Waals surface area contributed by atoms with Crippen LogP contribution < -0.4 is 11.2 Å². The van der Waals surface area contributed by atoms with Crippen LogP contribution in [0, 0.1) is 11.3 Å². The molecule has 1 aliphatic rings. The highest BCUT2D eigenvalue weighted by atomic mass is 16.7. The number of rotatable bonds is 1. The van der Waals surface area contributed by atoms with E-state index in [1.54, 1.807) is 6.07 Å². The number of hydrogen-bond donors (Lipinski definition) is 1. The Labute approximate surface area is 107 Å². The predicted octanol–water partition coefficient (Wildman–Crippen LogP) is 0.835. The molecule has 2 rings (SSSR count). The van der Waals surface area contributed by atoms with Crippen molar-refractivity contribution in [2.24, 2.45) is 0 Å². The zero-order valence-electron chi connectivity index (χ0n) is 11.0. The van der Waals surface area contributed by atoms with E-state index in [2.05, 4.69) is 11.1 Å². The largest absolute Gasteiger partial charge is 0.496 e. The van der Waals surface area contributed by atoms with E-state index in [1.807, 2.05) is 27.7 Å². The number of hydrogen-bond acceptors (Lipinski definition) is 5. The second-order valence-electron chi connectivity index (χ2n) is 5.40. The van der Waals surface area contributed by atoms with Crippen molar-refractivity contribution in [3.05, 3.63) is 17.8 Å². The molecule has 2 N–H and O–H groups in total. The molecule has 1 aromatic rings. The van der Waals surface area contributed by atoms with Gasteiger partial charge >= 0.3 is 7.12 Å².